The molecule has 0 bridgehead atoms. The van der Waals surface area contributed by atoms with E-state index in [1.165, 1.54) is 38.5 Å². The van der Waals surface area contributed by atoms with Gasteiger partial charge in [-0.3, -0.25) is 4.79 Å². The van der Waals surface area contributed by atoms with Crippen molar-refractivity contribution in [3.63, 3.8) is 0 Å². The van der Waals surface area contributed by atoms with Crippen molar-refractivity contribution in [2.24, 2.45) is 11.8 Å². The van der Waals surface area contributed by atoms with Gasteiger partial charge in [-0.2, -0.15) is 0 Å². The second kappa shape index (κ2) is 8.57. The fourth-order valence-electron chi connectivity index (χ4n) is 3.13. The van der Waals surface area contributed by atoms with E-state index in [2.05, 4.69) is 31.4 Å². The van der Waals surface area contributed by atoms with Gasteiger partial charge < -0.3 is 10.6 Å². The first-order chi connectivity index (χ1) is 9.06. The maximum Gasteiger partial charge on any atom is 0.236 e. The molecule has 3 atom stereocenters. The molecule has 1 saturated carbocycles. The number of likely N-dealkylation sites (N-methyl/N-ethyl adjacent to an activating group) is 1. The van der Waals surface area contributed by atoms with Crippen LogP contribution >= 0.6 is 0 Å². The highest BCUT2D eigenvalue weighted by Crippen LogP contribution is 2.26. The molecule has 1 amide bonds. The molecule has 3 nitrogen and oxygen atoms in total. The summed E-state index contributed by atoms with van der Waals surface area (Å²) >= 11 is 0. The van der Waals surface area contributed by atoms with Crippen molar-refractivity contribution in [2.75, 3.05) is 7.05 Å². The second-order valence-electron chi connectivity index (χ2n) is 6.44. The highest BCUT2D eigenvalue weighted by Gasteiger charge is 2.24. The third kappa shape index (κ3) is 5.94. The molecular weight excluding hydrogens is 236 g/mol. The van der Waals surface area contributed by atoms with Gasteiger partial charge >= 0.3 is 0 Å². The molecule has 19 heavy (non-hydrogen) atoms. The highest BCUT2D eigenvalue weighted by atomic mass is 16.2. The Bertz CT molecular complexity index is 265. The fourth-order valence-corrected chi connectivity index (χ4v) is 3.13. The Kier molecular flexibility index (Phi) is 7.44. The van der Waals surface area contributed by atoms with E-state index in [9.17, 15) is 4.79 Å². The Labute approximate surface area is 118 Å². The molecule has 2 N–H and O–H groups in total. The highest BCUT2D eigenvalue weighted by molar-refractivity contribution is 5.81. The lowest BCUT2D eigenvalue weighted by atomic mass is 9.97. The molecule has 0 saturated heterocycles. The zero-order valence-corrected chi connectivity index (χ0v) is 13.2. The summed E-state index contributed by atoms with van der Waals surface area (Å²) in [5.74, 6) is 1.59. The quantitative estimate of drug-likeness (QED) is 0.727. The molecule has 1 rings (SSSR count). The third-order valence-corrected chi connectivity index (χ3v) is 4.37. The van der Waals surface area contributed by atoms with Crippen molar-refractivity contribution in [1.29, 1.82) is 0 Å². The number of hydrogen-bond acceptors (Lipinski definition) is 2. The molecule has 0 aromatic carbocycles. The zero-order chi connectivity index (χ0) is 14.3. The Morgan fingerprint density at radius 1 is 1.21 bits per heavy atom. The predicted molar refractivity (Wildman–Crippen MR) is 81.1 cm³/mol. The van der Waals surface area contributed by atoms with Gasteiger partial charge in [0.2, 0.25) is 5.91 Å². The van der Waals surface area contributed by atoms with E-state index in [1.807, 2.05) is 0 Å². The molecule has 3 unspecified atom stereocenters. The minimum atomic E-state index is -0.0202. The van der Waals surface area contributed by atoms with Gasteiger partial charge in [0, 0.05) is 13.1 Å². The van der Waals surface area contributed by atoms with Crippen LogP contribution in [0.15, 0.2) is 0 Å². The monoisotopic (exact) mass is 268 g/mol. The molecule has 0 heterocycles. The lowest BCUT2D eigenvalue weighted by molar-refractivity contribution is -0.123. The molecule has 1 aliphatic carbocycles. The summed E-state index contributed by atoms with van der Waals surface area (Å²) < 4.78 is 0. The molecule has 0 aliphatic heterocycles. The minimum absolute atomic E-state index is 0.0202. The van der Waals surface area contributed by atoms with Crippen molar-refractivity contribution < 1.29 is 4.79 Å². The Balaban J connectivity index is 2.50. The minimum Gasteiger partial charge on any atom is -0.358 e. The van der Waals surface area contributed by atoms with Gasteiger partial charge in [0.05, 0.1) is 6.04 Å². The molecule has 112 valence electrons. The maximum atomic E-state index is 12.0. The number of nitrogens with one attached hydrogen (secondary N) is 2. The van der Waals surface area contributed by atoms with Crippen molar-refractivity contribution >= 4 is 5.91 Å². The largest absolute Gasteiger partial charge is 0.358 e. The average Bonchev–Trinajstić information content (AvgIpc) is 2.61. The third-order valence-electron chi connectivity index (χ3n) is 4.37. The lowest BCUT2D eigenvalue weighted by Gasteiger charge is -2.25. The molecule has 1 aliphatic rings. The molecule has 1 fully saturated rings. The first kappa shape index (κ1) is 16.5. The van der Waals surface area contributed by atoms with Crippen molar-refractivity contribution in [2.45, 2.75) is 77.8 Å². The van der Waals surface area contributed by atoms with E-state index < -0.39 is 0 Å². The van der Waals surface area contributed by atoms with Gasteiger partial charge in [-0.1, -0.05) is 40.0 Å². The Morgan fingerprint density at radius 3 is 2.53 bits per heavy atom. The van der Waals surface area contributed by atoms with E-state index in [-0.39, 0.29) is 11.9 Å². The van der Waals surface area contributed by atoms with E-state index in [0.717, 1.165) is 12.3 Å². The maximum absolute atomic E-state index is 12.0. The molecule has 0 aromatic heterocycles. The van der Waals surface area contributed by atoms with Crippen LogP contribution in [0.4, 0.5) is 0 Å². The van der Waals surface area contributed by atoms with Crippen LogP contribution in [0.5, 0.6) is 0 Å². The first-order valence-corrected chi connectivity index (χ1v) is 8.04. The van der Waals surface area contributed by atoms with Crippen molar-refractivity contribution in [3.05, 3.63) is 0 Å². The topological polar surface area (TPSA) is 41.1 Å². The summed E-state index contributed by atoms with van der Waals surface area (Å²) in [6, 6.07) is 0.505. The first-order valence-electron chi connectivity index (χ1n) is 8.04. The van der Waals surface area contributed by atoms with E-state index >= 15 is 0 Å². The summed E-state index contributed by atoms with van der Waals surface area (Å²) in [6.45, 7) is 6.65. The summed E-state index contributed by atoms with van der Waals surface area (Å²) in [4.78, 5) is 12.0. The molecule has 3 heteroatoms. The Hall–Kier alpha value is -0.570. The van der Waals surface area contributed by atoms with Gasteiger partial charge in [-0.25, -0.2) is 0 Å². The molecule has 0 spiro atoms. The van der Waals surface area contributed by atoms with Crippen molar-refractivity contribution in [1.82, 2.24) is 10.6 Å². The molecule has 0 aromatic rings. The van der Waals surface area contributed by atoms with Crippen LogP contribution < -0.4 is 10.6 Å². The number of amides is 1. The van der Waals surface area contributed by atoms with E-state index in [1.54, 1.807) is 7.05 Å². The SMILES string of the molecule is CCC1CCCC(NC(CC(C)C)C(=O)NC)CC1. The van der Waals surface area contributed by atoms with Gasteiger partial charge in [-0.05, 0) is 37.5 Å². The van der Waals surface area contributed by atoms with Gasteiger partial charge in [0.15, 0.2) is 0 Å². The normalized spacial score (nSPS) is 25.9. The fraction of sp³-hybridized carbons (Fsp3) is 0.938. The number of carbonyl (C=O) groups excluding carboxylic acids is 1. The van der Waals surface area contributed by atoms with Crippen LogP contribution in [0.3, 0.4) is 0 Å². The zero-order valence-electron chi connectivity index (χ0n) is 13.2. The number of rotatable bonds is 6. The second-order valence-corrected chi connectivity index (χ2v) is 6.44. The average molecular weight is 268 g/mol. The molecule has 0 radical (unpaired) electrons. The standard InChI is InChI=1S/C16H32N2O/c1-5-13-7-6-8-14(10-9-13)18-15(11-12(2)3)16(19)17-4/h12-15,18H,5-11H2,1-4H3,(H,17,19). The van der Waals surface area contributed by atoms with Crippen LogP contribution in [0.1, 0.15) is 65.7 Å². The van der Waals surface area contributed by atoms with Crippen LogP contribution in [-0.4, -0.2) is 25.0 Å². The smallest absolute Gasteiger partial charge is 0.236 e. The summed E-state index contributed by atoms with van der Waals surface area (Å²) in [7, 11) is 1.73. The predicted octanol–water partition coefficient (Wildman–Crippen LogP) is 3.10. The molecular formula is C16H32N2O. The number of hydrogen-bond donors (Lipinski definition) is 2. The summed E-state index contributed by atoms with van der Waals surface area (Å²) in [6.07, 6.45) is 8.66. The summed E-state index contributed by atoms with van der Waals surface area (Å²) in [5, 5.41) is 6.40. The van der Waals surface area contributed by atoms with E-state index in [4.69, 9.17) is 0 Å². The summed E-state index contributed by atoms with van der Waals surface area (Å²) in [5.41, 5.74) is 0. The number of carbonyl (C=O) groups is 1. The van der Waals surface area contributed by atoms with Gasteiger partial charge in [0.25, 0.3) is 0 Å². The lowest BCUT2D eigenvalue weighted by Crippen LogP contribution is -2.48. The van der Waals surface area contributed by atoms with E-state index in [0.29, 0.717) is 12.0 Å². The van der Waals surface area contributed by atoms with Crippen LogP contribution in [0.2, 0.25) is 0 Å². The van der Waals surface area contributed by atoms with Gasteiger partial charge in [0.1, 0.15) is 0 Å². The Morgan fingerprint density at radius 2 is 1.95 bits per heavy atom. The van der Waals surface area contributed by atoms with Crippen molar-refractivity contribution in [3.8, 4) is 0 Å². The van der Waals surface area contributed by atoms with Crippen LogP contribution in [0.25, 0.3) is 0 Å². The van der Waals surface area contributed by atoms with Crippen LogP contribution in [0, 0.1) is 11.8 Å². The van der Waals surface area contributed by atoms with Crippen LogP contribution in [-0.2, 0) is 4.79 Å². The van der Waals surface area contributed by atoms with Gasteiger partial charge in [-0.15, -0.1) is 0 Å².